The molecule has 2 atom stereocenters. The van der Waals surface area contributed by atoms with Crippen LogP contribution in [0.4, 0.5) is 0 Å². The number of hydrogen-bond acceptors (Lipinski definition) is 3. The Labute approximate surface area is 94.5 Å². The fourth-order valence-corrected chi connectivity index (χ4v) is 3.01. The van der Waals surface area contributed by atoms with Gasteiger partial charge in [0.15, 0.2) is 5.78 Å². The summed E-state index contributed by atoms with van der Waals surface area (Å²) in [5.74, 6) is 0.529. The zero-order valence-corrected chi connectivity index (χ0v) is 9.29. The highest BCUT2D eigenvalue weighted by Gasteiger charge is 2.46. The summed E-state index contributed by atoms with van der Waals surface area (Å²) in [6.45, 7) is 2.88. The van der Waals surface area contributed by atoms with Gasteiger partial charge in [-0.2, -0.15) is 0 Å². The van der Waals surface area contributed by atoms with E-state index in [-0.39, 0.29) is 17.6 Å². The van der Waals surface area contributed by atoms with Crippen LogP contribution < -0.4 is 5.32 Å². The van der Waals surface area contributed by atoms with Gasteiger partial charge in [0.05, 0.1) is 11.5 Å². The normalized spacial score (nSPS) is 32.3. The van der Waals surface area contributed by atoms with Crippen molar-refractivity contribution in [3.8, 4) is 5.75 Å². The minimum atomic E-state index is -0.401. The van der Waals surface area contributed by atoms with Crippen molar-refractivity contribution in [1.82, 2.24) is 5.32 Å². The summed E-state index contributed by atoms with van der Waals surface area (Å²) in [4.78, 5) is 12.3. The summed E-state index contributed by atoms with van der Waals surface area (Å²) >= 11 is 0. The third-order valence-corrected chi connectivity index (χ3v) is 3.99. The van der Waals surface area contributed by atoms with Crippen LogP contribution in [0, 0.1) is 0 Å². The molecule has 3 nitrogen and oxygen atoms in total. The number of carbonyl (C=O) groups is 1. The van der Waals surface area contributed by atoms with Gasteiger partial charge >= 0.3 is 0 Å². The Morgan fingerprint density at radius 2 is 2.31 bits per heavy atom. The summed E-state index contributed by atoms with van der Waals surface area (Å²) in [7, 11) is 0. The fraction of sp³-hybridized carbons (Fsp3) is 0.462. The Bertz CT molecular complexity index is 469. The van der Waals surface area contributed by atoms with Crippen molar-refractivity contribution in [2.24, 2.45) is 0 Å². The van der Waals surface area contributed by atoms with Gasteiger partial charge in [0.2, 0.25) is 0 Å². The van der Waals surface area contributed by atoms with Crippen molar-refractivity contribution in [2.45, 2.75) is 31.2 Å². The third kappa shape index (κ3) is 1.15. The number of Topliss-reactive ketones (excluding diaryl/α,β-unsaturated/α-hetero) is 1. The lowest BCUT2D eigenvalue weighted by atomic mass is 9.65. The Morgan fingerprint density at radius 3 is 3.12 bits per heavy atom. The molecule has 3 rings (SSSR count). The summed E-state index contributed by atoms with van der Waals surface area (Å²) in [6, 6.07) is 5.37. The van der Waals surface area contributed by atoms with Gasteiger partial charge in [-0.3, -0.25) is 4.79 Å². The van der Waals surface area contributed by atoms with Crippen molar-refractivity contribution in [2.75, 3.05) is 6.54 Å². The van der Waals surface area contributed by atoms with Crippen LogP contribution in [0.5, 0.6) is 5.75 Å². The first-order valence-corrected chi connectivity index (χ1v) is 5.71. The molecule has 2 bridgehead atoms. The number of phenols is 1. The molecule has 2 unspecified atom stereocenters. The molecule has 0 radical (unpaired) electrons. The first-order valence-electron chi connectivity index (χ1n) is 5.71. The van der Waals surface area contributed by atoms with Crippen molar-refractivity contribution < 1.29 is 9.90 Å². The van der Waals surface area contributed by atoms with E-state index in [1.54, 1.807) is 12.1 Å². The maximum absolute atomic E-state index is 12.3. The number of nitrogens with one attached hydrogen (secondary N) is 1. The molecule has 16 heavy (non-hydrogen) atoms. The number of hydrogen-bond donors (Lipinski definition) is 2. The van der Waals surface area contributed by atoms with Crippen molar-refractivity contribution in [1.29, 1.82) is 0 Å². The van der Waals surface area contributed by atoms with E-state index < -0.39 is 5.41 Å². The van der Waals surface area contributed by atoms with Gasteiger partial charge < -0.3 is 10.4 Å². The second kappa shape index (κ2) is 3.08. The number of fused-ring (bicyclic) bond motifs is 4. The predicted octanol–water partition coefficient (Wildman–Crippen LogP) is 1.14. The Balaban J connectivity index is 2.22. The minimum Gasteiger partial charge on any atom is -0.508 e. The molecule has 0 amide bonds. The molecule has 1 saturated heterocycles. The molecule has 1 aromatic carbocycles. The van der Waals surface area contributed by atoms with Crippen LogP contribution in [0.2, 0.25) is 0 Å². The van der Waals surface area contributed by atoms with Crippen LogP contribution in [0.3, 0.4) is 0 Å². The Kier molecular flexibility index (Phi) is 1.89. The molecule has 1 heterocycles. The monoisotopic (exact) mass is 217 g/mol. The van der Waals surface area contributed by atoms with Gasteiger partial charge in [0.25, 0.3) is 0 Å². The predicted molar refractivity (Wildman–Crippen MR) is 60.6 cm³/mol. The lowest BCUT2D eigenvalue weighted by Gasteiger charge is -2.43. The first kappa shape index (κ1) is 9.85. The zero-order chi connectivity index (χ0) is 11.3. The number of rotatable bonds is 0. The number of piperidine rings is 1. The smallest absolute Gasteiger partial charge is 0.160 e. The van der Waals surface area contributed by atoms with Gasteiger partial charge in [-0.1, -0.05) is 6.07 Å². The van der Waals surface area contributed by atoms with E-state index in [2.05, 4.69) is 5.32 Å². The highest BCUT2D eigenvalue weighted by atomic mass is 16.3. The first-order chi connectivity index (χ1) is 7.61. The van der Waals surface area contributed by atoms with Crippen LogP contribution >= 0.6 is 0 Å². The average molecular weight is 217 g/mol. The van der Waals surface area contributed by atoms with Crippen molar-refractivity contribution in [3.63, 3.8) is 0 Å². The van der Waals surface area contributed by atoms with Crippen LogP contribution in [0.25, 0.3) is 0 Å². The molecule has 3 heteroatoms. The van der Waals surface area contributed by atoms with E-state index in [0.717, 1.165) is 24.9 Å². The van der Waals surface area contributed by atoms with E-state index in [1.165, 1.54) is 5.56 Å². The summed E-state index contributed by atoms with van der Waals surface area (Å²) < 4.78 is 0. The number of aromatic hydroxyl groups is 1. The van der Waals surface area contributed by atoms with Gasteiger partial charge in [-0.15, -0.1) is 0 Å². The number of phenolic OH excluding ortho intramolecular Hbond substituents is 1. The molecule has 0 saturated carbocycles. The van der Waals surface area contributed by atoms with Crippen molar-refractivity contribution >= 4 is 5.78 Å². The number of ketones is 1. The number of benzene rings is 1. The Hall–Kier alpha value is -1.35. The van der Waals surface area contributed by atoms with Gasteiger partial charge in [-0.05, 0) is 49.6 Å². The molecule has 1 aliphatic carbocycles. The van der Waals surface area contributed by atoms with E-state index >= 15 is 0 Å². The van der Waals surface area contributed by atoms with Crippen molar-refractivity contribution in [3.05, 3.63) is 29.3 Å². The van der Waals surface area contributed by atoms with Crippen LogP contribution in [-0.4, -0.2) is 23.5 Å². The molecule has 1 fully saturated rings. The maximum atomic E-state index is 12.3. The molecular weight excluding hydrogens is 202 g/mol. The highest BCUT2D eigenvalue weighted by Crippen LogP contribution is 2.40. The van der Waals surface area contributed by atoms with Crippen LogP contribution in [0.15, 0.2) is 18.2 Å². The average Bonchev–Trinajstić information content (AvgIpc) is 2.25. The lowest BCUT2D eigenvalue weighted by molar-refractivity contribution is -0.128. The molecule has 2 aliphatic rings. The quantitative estimate of drug-likeness (QED) is 0.685. The van der Waals surface area contributed by atoms with E-state index in [4.69, 9.17) is 0 Å². The second-order valence-corrected chi connectivity index (χ2v) is 5.00. The fourth-order valence-electron chi connectivity index (χ4n) is 3.01. The molecule has 1 aromatic rings. The van der Waals surface area contributed by atoms with Gasteiger partial charge in [0.1, 0.15) is 5.75 Å². The Morgan fingerprint density at radius 1 is 1.50 bits per heavy atom. The van der Waals surface area contributed by atoms with E-state index in [0.29, 0.717) is 0 Å². The molecular formula is C13H15NO2. The van der Waals surface area contributed by atoms with E-state index in [1.807, 2.05) is 13.0 Å². The third-order valence-electron chi connectivity index (χ3n) is 3.99. The summed E-state index contributed by atoms with van der Waals surface area (Å²) in [5, 5.41) is 12.8. The topological polar surface area (TPSA) is 49.3 Å². The molecule has 1 aliphatic heterocycles. The highest BCUT2D eigenvalue weighted by molar-refractivity contribution is 5.97. The van der Waals surface area contributed by atoms with Crippen LogP contribution in [0.1, 0.15) is 24.5 Å². The largest absolute Gasteiger partial charge is 0.508 e. The lowest BCUT2D eigenvalue weighted by Crippen LogP contribution is -2.57. The molecule has 0 spiro atoms. The maximum Gasteiger partial charge on any atom is 0.160 e. The van der Waals surface area contributed by atoms with E-state index in [9.17, 15) is 9.90 Å². The number of carbonyl (C=O) groups excluding carboxylic acids is 1. The van der Waals surface area contributed by atoms with Crippen LogP contribution in [-0.2, 0) is 16.6 Å². The SMILES string of the molecule is CC12CCNC(Cc3ccc(O)cc31)C2=O. The summed E-state index contributed by atoms with van der Waals surface area (Å²) in [5.41, 5.74) is 1.81. The molecule has 84 valence electrons. The standard InChI is InChI=1S/C13H15NO2/c1-13-4-5-14-11(12(13)16)6-8-2-3-9(15)7-10(8)13/h2-3,7,11,14-15H,4-6H2,1H3. The van der Waals surface area contributed by atoms with Gasteiger partial charge in [0, 0.05) is 0 Å². The minimum absolute atomic E-state index is 0.0317. The van der Waals surface area contributed by atoms with Gasteiger partial charge in [-0.25, -0.2) is 0 Å². The molecule has 2 N–H and O–H groups in total. The second-order valence-electron chi connectivity index (χ2n) is 5.00. The summed E-state index contributed by atoms with van der Waals surface area (Å²) in [6.07, 6.45) is 1.57. The zero-order valence-electron chi connectivity index (χ0n) is 9.29. The molecule has 0 aromatic heterocycles.